The third kappa shape index (κ3) is 5.39. The van der Waals surface area contributed by atoms with Crippen LogP contribution in [0.4, 0.5) is 5.82 Å². The number of nitrogens with one attached hydrogen (secondary N) is 1. The molecular formula is C24H39N7O2. The number of rotatable bonds is 8. The van der Waals surface area contributed by atoms with Crippen LogP contribution in [0.1, 0.15) is 84.3 Å². The minimum absolute atomic E-state index is 0.142. The number of nitrogens with zero attached hydrogens (tertiary/aromatic N) is 5. The molecule has 0 spiro atoms. The molecule has 33 heavy (non-hydrogen) atoms. The molecule has 0 aliphatic heterocycles. The van der Waals surface area contributed by atoms with Gasteiger partial charge in [-0.2, -0.15) is 0 Å². The van der Waals surface area contributed by atoms with E-state index >= 15 is 0 Å². The van der Waals surface area contributed by atoms with Crippen LogP contribution in [0.3, 0.4) is 0 Å². The van der Waals surface area contributed by atoms with Crippen molar-refractivity contribution in [2.75, 3.05) is 5.32 Å². The molecule has 2 saturated carbocycles. The van der Waals surface area contributed by atoms with Gasteiger partial charge in [0.2, 0.25) is 11.7 Å². The fourth-order valence-corrected chi connectivity index (χ4v) is 5.10. The van der Waals surface area contributed by atoms with Crippen molar-refractivity contribution in [1.29, 1.82) is 0 Å². The summed E-state index contributed by atoms with van der Waals surface area (Å²) in [5, 5.41) is 26.5. The van der Waals surface area contributed by atoms with Gasteiger partial charge in [0.15, 0.2) is 11.5 Å². The fraction of sp³-hybridized carbons (Fsp3) is 0.750. The van der Waals surface area contributed by atoms with Crippen LogP contribution in [-0.2, 0) is 13.0 Å². The quantitative estimate of drug-likeness (QED) is 0.206. The second-order valence-electron chi connectivity index (χ2n) is 10.9. The zero-order valence-electron chi connectivity index (χ0n) is 20.4. The summed E-state index contributed by atoms with van der Waals surface area (Å²) in [6.07, 6.45) is 8.94. The third-order valence-corrected chi connectivity index (χ3v) is 7.41. The van der Waals surface area contributed by atoms with E-state index in [9.17, 15) is 10.3 Å². The van der Waals surface area contributed by atoms with E-state index in [-0.39, 0.29) is 17.7 Å². The Morgan fingerprint density at radius 1 is 1.18 bits per heavy atom. The number of fused-ring (bicyclic) bond motifs is 1. The van der Waals surface area contributed by atoms with Gasteiger partial charge in [-0.05, 0) is 64.2 Å². The summed E-state index contributed by atoms with van der Waals surface area (Å²) < 4.78 is 2.21. The largest absolute Gasteiger partial charge is 0.409 e. The molecule has 0 amide bonds. The van der Waals surface area contributed by atoms with Crippen LogP contribution in [0.5, 0.6) is 0 Å². The first kappa shape index (κ1) is 23.7. The average Bonchev–Trinajstić information content (AvgIpc) is 3.03. The smallest absolute Gasteiger partial charge is 0.208 e. The number of amidine groups is 1. The zero-order chi connectivity index (χ0) is 23.8. The highest BCUT2D eigenvalue weighted by atomic mass is 16.4. The van der Waals surface area contributed by atoms with Crippen molar-refractivity contribution in [2.45, 2.75) is 97.2 Å². The van der Waals surface area contributed by atoms with Crippen LogP contribution in [0.2, 0.25) is 0 Å². The SMILES string of the molecule is CC1CCC(Cn2c(CC(C)(C)O)nc3nc(C(N)=NO)nc(N[C@H](C)C4CCC4)c32)CC1. The molecule has 2 aliphatic rings. The van der Waals surface area contributed by atoms with Crippen molar-refractivity contribution in [3.8, 4) is 0 Å². The van der Waals surface area contributed by atoms with Gasteiger partial charge in [-0.15, -0.1) is 0 Å². The molecule has 2 aliphatic carbocycles. The van der Waals surface area contributed by atoms with Crippen molar-refractivity contribution in [3.05, 3.63) is 11.6 Å². The van der Waals surface area contributed by atoms with Crippen LogP contribution in [-0.4, -0.2) is 47.3 Å². The van der Waals surface area contributed by atoms with Gasteiger partial charge >= 0.3 is 0 Å². The number of nitrogens with two attached hydrogens (primary N) is 1. The second kappa shape index (κ2) is 9.44. The van der Waals surface area contributed by atoms with E-state index in [4.69, 9.17) is 10.7 Å². The molecule has 2 heterocycles. The Morgan fingerprint density at radius 3 is 2.45 bits per heavy atom. The molecule has 4 rings (SSSR count). The van der Waals surface area contributed by atoms with E-state index in [0.29, 0.717) is 29.7 Å². The van der Waals surface area contributed by atoms with E-state index in [1.165, 1.54) is 44.9 Å². The van der Waals surface area contributed by atoms with Crippen molar-refractivity contribution < 1.29 is 10.3 Å². The van der Waals surface area contributed by atoms with Gasteiger partial charge in [-0.3, -0.25) is 0 Å². The predicted octanol–water partition coefficient (Wildman–Crippen LogP) is 3.66. The minimum atomic E-state index is -0.908. The van der Waals surface area contributed by atoms with Gasteiger partial charge < -0.3 is 25.9 Å². The maximum Gasteiger partial charge on any atom is 0.208 e. The second-order valence-corrected chi connectivity index (χ2v) is 10.9. The lowest BCUT2D eigenvalue weighted by Crippen LogP contribution is -2.32. The lowest BCUT2D eigenvalue weighted by Gasteiger charge is -2.32. The summed E-state index contributed by atoms with van der Waals surface area (Å²) in [6, 6.07) is 0.244. The molecule has 9 heteroatoms. The molecule has 2 aromatic heterocycles. The first-order valence-electron chi connectivity index (χ1n) is 12.4. The molecule has 0 aromatic carbocycles. The monoisotopic (exact) mass is 457 g/mol. The number of aromatic nitrogens is 4. The number of anilines is 1. The standard InChI is InChI=1S/C24H39N7O2/c1-14-8-10-16(11-9-14)13-31-18(12-24(3,4)32)27-22-19(31)21(26-15(2)17-6-5-7-17)28-23(29-22)20(25)30-33/h14-17,32-33H,5-13H2,1-4H3,(H2,25,30)(H,26,28,29)/t14?,15-,16?/m1/s1. The molecule has 182 valence electrons. The Labute approximate surface area is 195 Å². The van der Waals surface area contributed by atoms with Gasteiger partial charge in [-0.1, -0.05) is 31.3 Å². The van der Waals surface area contributed by atoms with Crippen molar-refractivity contribution in [3.63, 3.8) is 0 Å². The highest BCUT2D eigenvalue weighted by Gasteiger charge is 2.29. The number of hydrogen-bond donors (Lipinski definition) is 4. The van der Waals surface area contributed by atoms with Gasteiger partial charge in [0, 0.05) is 19.0 Å². The highest BCUT2D eigenvalue weighted by Crippen LogP contribution is 2.34. The fourth-order valence-electron chi connectivity index (χ4n) is 5.10. The minimum Gasteiger partial charge on any atom is -0.409 e. The lowest BCUT2D eigenvalue weighted by molar-refractivity contribution is 0.0775. The summed E-state index contributed by atoms with van der Waals surface area (Å²) >= 11 is 0. The number of oxime groups is 1. The van der Waals surface area contributed by atoms with Crippen LogP contribution >= 0.6 is 0 Å². The molecule has 5 N–H and O–H groups in total. The molecule has 0 unspecified atom stereocenters. The summed E-state index contributed by atoms with van der Waals surface area (Å²) in [7, 11) is 0. The third-order valence-electron chi connectivity index (χ3n) is 7.41. The molecule has 9 nitrogen and oxygen atoms in total. The Morgan fingerprint density at radius 2 is 1.88 bits per heavy atom. The van der Waals surface area contributed by atoms with Gasteiger partial charge in [-0.25, -0.2) is 15.0 Å². The predicted molar refractivity (Wildman–Crippen MR) is 129 cm³/mol. The Bertz CT molecular complexity index is 998. The van der Waals surface area contributed by atoms with Crippen molar-refractivity contribution in [2.24, 2.45) is 28.6 Å². The maximum atomic E-state index is 10.6. The van der Waals surface area contributed by atoms with Crippen LogP contribution < -0.4 is 11.1 Å². The lowest BCUT2D eigenvalue weighted by atomic mass is 9.80. The number of imidazole rings is 1. The van der Waals surface area contributed by atoms with Crippen LogP contribution in [0.25, 0.3) is 11.2 Å². The zero-order valence-corrected chi connectivity index (χ0v) is 20.4. The highest BCUT2D eigenvalue weighted by molar-refractivity contribution is 5.96. The molecule has 2 aromatic rings. The number of aliphatic hydroxyl groups is 1. The normalized spacial score (nSPS) is 23.5. The van der Waals surface area contributed by atoms with E-state index in [1.807, 2.05) is 0 Å². The van der Waals surface area contributed by atoms with Crippen LogP contribution in [0.15, 0.2) is 5.16 Å². The van der Waals surface area contributed by atoms with Gasteiger partial charge in [0.1, 0.15) is 11.3 Å². The Hall–Kier alpha value is -2.42. The number of hydrogen-bond acceptors (Lipinski definition) is 7. The van der Waals surface area contributed by atoms with Crippen LogP contribution in [0, 0.1) is 17.8 Å². The van der Waals surface area contributed by atoms with E-state index in [0.717, 1.165) is 23.8 Å². The maximum absolute atomic E-state index is 10.6. The average molecular weight is 458 g/mol. The van der Waals surface area contributed by atoms with Gasteiger partial charge in [0.25, 0.3) is 0 Å². The summed E-state index contributed by atoms with van der Waals surface area (Å²) in [5.41, 5.74) is 6.31. The van der Waals surface area contributed by atoms with Crippen molar-refractivity contribution >= 4 is 22.8 Å². The topological polar surface area (TPSA) is 134 Å². The molecule has 2 fully saturated rings. The molecule has 0 radical (unpaired) electrons. The van der Waals surface area contributed by atoms with E-state index in [2.05, 4.69) is 38.9 Å². The van der Waals surface area contributed by atoms with E-state index in [1.54, 1.807) is 13.8 Å². The molecule has 1 atom stereocenters. The Balaban J connectivity index is 1.80. The van der Waals surface area contributed by atoms with Crippen molar-refractivity contribution in [1.82, 2.24) is 19.5 Å². The van der Waals surface area contributed by atoms with E-state index < -0.39 is 5.60 Å². The van der Waals surface area contributed by atoms with Gasteiger partial charge in [0.05, 0.1) is 5.60 Å². The summed E-state index contributed by atoms with van der Waals surface area (Å²) in [6.45, 7) is 8.93. The molecular weight excluding hydrogens is 418 g/mol. The molecule has 0 saturated heterocycles. The first-order valence-corrected chi connectivity index (χ1v) is 12.4. The summed E-state index contributed by atoms with van der Waals surface area (Å²) in [4.78, 5) is 14.0. The first-order chi connectivity index (χ1) is 15.6. The summed E-state index contributed by atoms with van der Waals surface area (Å²) in [5.74, 6) is 3.41. The Kier molecular flexibility index (Phi) is 6.79. The molecule has 0 bridgehead atoms.